The minimum Gasteiger partial charge on any atom is -0.349 e. The Labute approximate surface area is 128 Å². The number of H-pyrrole nitrogens is 1. The number of benzene rings is 1. The van der Waals surface area contributed by atoms with Crippen LogP contribution in [0.5, 0.6) is 0 Å². The Hall–Kier alpha value is -1.95. The summed E-state index contributed by atoms with van der Waals surface area (Å²) in [6, 6.07) is 4.42. The van der Waals surface area contributed by atoms with Crippen molar-refractivity contribution in [3.63, 3.8) is 0 Å². The zero-order valence-corrected chi connectivity index (χ0v) is 12.5. The Balaban J connectivity index is 1.47. The lowest BCUT2D eigenvalue weighted by Crippen LogP contribution is -2.29. The van der Waals surface area contributed by atoms with Crippen LogP contribution in [0.25, 0.3) is 11.0 Å². The molecule has 1 fully saturated rings. The molecule has 1 aliphatic heterocycles. The van der Waals surface area contributed by atoms with Gasteiger partial charge in [0, 0.05) is 6.42 Å². The number of halogens is 1. The molecule has 1 aromatic heterocycles. The summed E-state index contributed by atoms with van der Waals surface area (Å²) < 4.78 is 13.1. The second-order valence-electron chi connectivity index (χ2n) is 5.85. The van der Waals surface area contributed by atoms with Gasteiger partial charge in [0.1, 0.15) is 11.6 Å². The van der Waals surface area contributed by atoms with E-state index in [9.17, 15) is 9.18 Å². The minimum atomic E-state index is -0.297. The quantitative estimate of drug-likeness (QED) is 0.792. The van der Waals surface area contributed by atoms with Gasteiger partial charge in [-0.3, -0.25) is 4.79 Å². The molecule has 2 heterocycles. The fourth-order valence-corrected chi connectivity index (χ4v) is 2.89. The van der Waals surface area contributed by atoms with Gasteiger partial charge in [0.05, 0.1) is 17.6 Å². The number of rotatable bonds is 5. The van der Waals surface area contributed by atoms with E-state index in [2.05, 4.69) is 20.6 Å². The highest BCUT2D eigenvalue weighted by Crippen LogP contribution is 2.17. The van der Waals surface area contributed by atoms with Crippen LogP contribution in [0.15, 0.2) is 18.2 Å². The molecule has 1 aromatic carbocycles. The van der Waals surface area contributed by atoms with Gasteiger partial charge in [-0.2, -0.15) is 0 Å². The van der Waals surface area contributed by atoms with E-state index in [0.29, 0.717) is 35.7 Å². The van der Waals surface area contributed by atoms with Crippen molar-refractivity contribution in [1.82, 2.24) is 20.6 Å². The molecule has 6 heteroatoms. The molecule has 0 aliphatic carbocycles. The standard InChI is InChI=1S/C16H21FN4O/c17-12-2-3-13-14(9-12)21-15(20-13)10-19-16(22)4-1-11-5-7-18-8-6-11/h2-3,9,11,18H,1,4-8,10H2,(H,19,22)(H,20,21). The van der Waals surface area contributed by atoms with Crippen LogP contribution in [0.4, 0.5) is 4.39 Å². The third-order valence-corrected chi connectivity index (χ3v) is 4.18. The van der Waals surface area contributed by atoms with Crippen molar-refractivity contribution in [2.45, 2.75) is 32.2 Å². The number of nitrogens with one attached hydrogen (secondary N) is 3. The van der Waals surface area contributed by atoms with E-state index in [-0.39, 0.29) is 11.7 Å². The summed E-state index contributed by atoms with van der Waals surface area (Å²) in [5, 5.41) is 6.20. The third kappa shape index (κ3) is 3.82. The monoisotopic (exact) mass is 304 g/mol. The average molecular weight is 304 g/mol. The van der Waals surface area contributed by atoms with Crippen LogP contribution in [-0.4, -0.2) is 29.0 Å². The molecule has 0 atom stereocenters. The predicted octanol–water partition coefficient (Wildman–Crippen LogP) is 2.10. The van der Waals surface area contributed by atoms with Crippen LogP contribution in [0.1, 0.15) is 31.5 Å². The van der Waals surface area contributed by atoms with Crippen molar-refractivity contribution in [3.05, 3.63) is 29.8 Å². The Bertz CT molecular complexity index is 649. The molecule has 22 heavy (non-hydrogen) atoms. The number of imidazole rings is 1. The normalized spacial score (nSPS) is 16.0. The van der Waals surface area contributed by atoms with E-state index in [4.69, 9.17) is 0 Å². The first-order valence-electron chi connectivity index (χ1n) is 7.82. The first-order chi connectivity index (χ1) is 10.7. The highest BCUT2D eigenvalue weighted by Gasteiger charge is 2.14. The van der Waals surface area contributed by atoms with Crippen molar-refractivity contribution >= 4 is 16.9 Å². The van der Waals surface area contributed by atoms with Crippen molar-refractivity contribution < 1.29 is 9.18 Å². The maximum atomic E-state index is 13.1. The molecule has 0 bridgehead atoms. The molecule has 3 N–H and O–H groups in total. The summed E-state index contributed by atoms with van der Waals surface area (Å²) in [5.41, 5.74) is 1.36. The Morgan fingerprint density at radius 3 is 3.00 bits per heavy atom. The maximum absolute atomic E-state index is 13.1. The van der Waals surface area contributed by atoms with Crippen molar-refractivity contribution in [2.75, 3.05) is 13.1 Å². The molecule has 0 saturated carbocycles. The minimum absolute atomic E-state index is 0.0465. The molecule has 118 valence electrons. The Morgan fingerprint density at radius 1 is 1.36 bits per heavy atom. The first kappa shape index (κ1) is 15.0. The highest BCUT2D eigenvalue weighted by atomic mass is 19.1. The predicted molar refractivity (Wildman–Crippen MR) is 82.7 cm³/mol. The van der Waals surface area contributed by atoms with Gasteiger partial charge in [0.25, 0.3) is 0 Å². The van der Waals surface area contributed by atoms with Gasteiger partial charge in [0.15, 0.2) is 0 Å². The van der Waals surface area contributed by atoms with Crippen LogP contribution < -0.4 is 10.6 Å². The molecule has 2 aromatic rings. The number of aromatic nitrogens is 2. The summed E-state index contributed by atoms with van der Waals surface area (Å²) in [6.07, 6.45) is 3.81. The number of carbonyl (C=O) groups excluding carboxylic acids is 1. The highest BCUT2D eigenvalue weighted by molar-refractivity contribution is 5.77. The smallest absolute Gasteiger partial charge is 0.220 e. The van der Waals surface area contributed by atoms with Crippen molar-refractivity contribution in [2.24, 2.45) is 5.92 Å². The van der Waals surface area contributed by atoms with Gasteiger partial charge in [0.2, 0.25) is 5.91 Å². The van der Waals surface area contributed by atoms with Crippen LogP contribution >= 0.6 is 0 Å². The number of hydrogen-bond donors (Lipinski definition) is 3. The lowest BCUT2D eigenvalue weighted by Gasteiger charge is -2.22. The van der Waals surface area contributed by atoms with Crippen LogP contribution in [0, 0.1) is 11.7 Å². The second-order valence-corrected chi connectivity index (χ2v) is 5.85. The van der Waals surface area contributed by atoms with Gasteiger partial charge in [-0.05, 0) is 56.5 Å². The number of piperidine rings is 1. The van der Waals surface area contributed by atoms with Gasteiger partial charge >= 0.3 is 0 Å². The van der Waals surface area contributed by atoms with Crippen molar-refractivity contribution in [1.29, 1.82) is 0 Å². The number of hydrogen-bond acceptors (Lipinski definition) is 3. The molecule has 3 rings (SSSR count). The number of amides is 1. The fraction of sp³-hybridized carbons (Fsp3) is 0.500. The van der Waals surface area contributed by atoms with E-state index in [1.54, 1.807) is 6.07 Å². The second kappa shape index (κ2) is 6.87. The fourth-order valence-electron chi connectivity index (χ4n) is 2.89. The van der Waals surface area contributed by atoms with E-state index >= 15 is 0 Å². The summed E-state index contributed by atoms with van der Waals surface area (Å²) in [7, 11) is 0. The van der Waals surface area contributed by atoms with E-state index in [0.717, 1.165) is 32.4 Å². The topological polar surface area (TPSA) is 69.8 Å². The molecular weight excluding hydrogens is 283 g/mol. The number of aromatic amines is 1. The lowest BCUT2D eigenvalue weighted by atomic mass is 9.93. The van der Waals surface area contributed by atoms with Crippen LogP contribution in [0.3, 0.4) is 0 Å². The van der Waals surface area contributed by atoms with Gasteiger partial charge < -0.3 is 15.6 Å². The molecular formula is C16H21FN4O. The lowest BCUT2D eigenvalue weighted by molar-refractivity contribution is -0.121. The Morgan fingerprint density at radius 2 is 2.18 bits per heavy atom. The zero-order chi connectivity index (χ0) is 15.4. The molecule has 1 saturated heterocycles. The van der Waals surface area contributed by atoms with E-state index in [1.165, 1.54) is 12.1 Å². The van der Waals surface area contributed by atoms with Crippen LogP contribution in [0.2, 0.25) is 0 Å². The maximum Gasteiger partial charge on any atom is 0.220 e. The molecule has 0 radical (unpaired) electrons. The van der Waals surface area contributed by atoms with Gasteiger partial charge in [-0.25, -0.2) is 9.37 Å². The van der Waals surface area contributed by atoms with Crippen LogP contribution in [-0.2, 0) is 11.3 Å². The largest absolute Gasteiger partial charge is 0.349 e. The average Bonchev–Trinajstić information content (AvgIpc) is 2.94. The van der Waals surface area contributed by atoms with Crippen molar-refractivity contribution in [3.8, 4) is 0 Å². The summed E-state index contributed by atoms with van der Waals surface area (Å²) in [6.45, 7) is 2.46. The zero-order valence-electron chi connectivity index (χ0n) is 12.5. The number of carbonyl (C=O) groups is 1. The first-order valence-corrected chi connectivity index (χ1v) is 7.82. The number of fused-ring (bicyclic) bond motifs is 1. The summed E-state index contributed by atoms with van der Waals surface area (Å²) in [5.74, 6) is 1.05. The SMILES string of the molecule is O=C(CCC1CCNCC1)NCc1nc2ccc(F)cc2[nH]1. The molecule has 5 nitrogen and oxygen atoms in total. The Kier molecular flexibility index (Phi) is 4.68. The van der Waals surface area contributed by atoms with E-state index in [1.807, 2.05) is 0 Å². The summed E-state index contributed by atoms with van der Waals surface area (Å²) in [4.78, 5) is 19.3. The molecule has 0 spiro atoms. The van der Waals surface area contributed by atoms with Gasteiger partial charge in [-0.1, -0.05) is 0 Å². The molecule has 1 aliphatic rings. The third-order valence-electron chi connectivity index (χ3n) is 4.18. The summed E-state index contributed by atoms with van der Waals surface area (Å²) >= 11 is 0. The number of nitrogens with zero attached hydrogens (tertiary/aromatic N) is 1. The molecule has 1 amide bonds. The van der Waals surface area contributed by atoms with Gasteiger partial charge in [-0.15, -0.1) is 0 Å². The van der Waals surface area contributed by atoms with E-state index < -0.39 is 0 Å². The molecule has 0 unspecified atom stereocenters.